The van der Waals surface area contributed by atoms with Crippen LogP contribution < -0.4 is 21.1 Å². The van der Waals surface area contributed by atoms with E-state index in [-0.39, 0.29) is 42.2 Å². The largest absolute Gasteiger partial charge is 0.484 e. The van der Waals surface area contributed by atoms with Crippen LogP contribution in [0, 0.1) is 0 Å². The fraction of sp³-hybridized carbons (Fsp3) is 0.421. The number of hydrogen-bond donors (Lipinski definition) is 3. The zero-order valence-corrected chi connectivity index (χ0v) is 15.7. The molecule has 0 bridgehead atoms. The molecule has 1 aromatic rings. The molecule has 0 aliphatic carbocycles. The minimum Gasteiger partial charge on any atom is -0.484 e. The highest BCUT2D eigenvalue weighted by Crippen LogP contribution is 2.30. The van der Waals surface area contributed by atoms with E-state index in [4.69, 9.17) is 10.5 Å². The highest BCUT2D eigenvalue weighted by atomic mass is 16.5. The van der Waals surface area contributed by atoms with Crippen LogP contribution in [0.5, 0.6) is 5.75 Å². The minimum atomic E-state index is -1.02. The maximum absolute atomic E-state index is 12.7. The molecule has 2 aliphatic heterocycles. The number of ether oxygens (including phenoxy) is 1. The Labute approximate surface area is 166 Å². The van der Waals surface area contributed by atoms with Gasteiger partial charge in [0.2, 0.25) is 11.8 Å². The van der Waals surface area contributed by atoms with Crippen LogP contribution in [-0.2, 0) is 14.4 Å². The van der Waals surface area contributed by atoms with Crippen LogP contribution in [0.2, 0.25) is 0 Å². The monoisotopic (exact) mass is 402 g/mol. The molecule has 5 amide bonds. The third-order valence-corrected chi connectivity index (χ3v) is 4.73. The van der Waals surface area contributed by atoms with Crippen molar-refractivity contribution in [3.63, 3.8) is 0 Å². The molecule has 0 saturated carbocycles. The lowest BCUT2D eigenvalue weighted by atomic mass is 10.0. The van der Waals surface area contributed by atoms with E-state index in [1.54, 1.807) is 0 Å². The lowest BCUT2D eigenvalue weighted by Crippen LogP contribution is -2.54. The van der Waals surface area contributed by atoms with Crippen LogP contribution in [0.3, 0.4) is 0 Å². The summed E-state index contributed by atoms with van der Waals surface area (Å²) in [5.41, 5.74) is 5.64. The Morgan fingerprint density at radius 2 is 1.93 bits per heavy atom. The van der Waals surface area contributed by atoms with Crippen molar-refractivity contribution in [1.29, 1.82) is 0 Å². The number of amides is 5. The fourth-order valence-corrected chi connectivity index (χ4v) is 3.24. The molecule has 10 nitrogen and oxygen atoms in total. The van der Waals surface area contributed by atoms with Crippen molar-refractivity contribution >= 4 is 29.5 Å². The Morgan fingerprint density at radius 3 is 2.66 bits per heavy atom. The van der Waals surface area contributed by atoms with Crippen molar-refractivity contribution < 1.29 is 28.7 Å². The highest BCUT2D eigenvalue weighted by molar-refractivity contribution is 6.23. The number of piperidine rings is 1. The Balaban J connectivity index is 1.64. The van der Waals surface area contributed by atoms with Crippen LogP contribution >= 0.6 is 0 Å². The van der Waals surface area contributed by atoms with Gasteiger partial charge < -0.3 is 15.8 Å². The van der Waals surface area contributed by atoms with Crippen molar-refractivity contribution in [2.24, 2.45) is 5.73 Å². The number of benzene rings is 1. The third kappa shape index (κ3) is 4.43. The first-order valence-electron chi connectivity index (χ1n) is 9.37. The molecule has 29 heavy (non-hydrogen) atoms. The number of imide groups is 2. The predicted molar refractivity (Wildman–Crippen MR) is 99.9 cm³/mol. The molecule has 2 aliphatic rings. The summed E-state index contributed by atoms with van der Waals surface area (Å²) >= 11 is 0. The standard InChI is InChI=1S/C19H22N4O6/c20-7-1-2-8-21-16(25)10-29-11-3-4-12-13(9-11)19(28)23(18(12)27)14-5-6-15(24)22-17(14)26/h3-4,9,14H,1-2,5-8,10,20H2,(H,21,25)(H,22,24,26). The van der Waals surface area contributed by atoms with Gasteiger partial charge >= 0.3 is 0 Å². The zero-order valence-electron chi connectivity index (χ0n) is 15.7. The molecule has 2 heterocycles. The third-order valence-electron chi connectivity index (χ3n) is 4.73. The second-order valence-electron chi connectivity index (χ2n) is 6.79. The summed E-state index contributed by atoms with van der Waals surface area (Å²) in [7, 11) is 0. The average molecular weight is 402 g/mol. The lowest BCUT2D eigenvalue weighted by molar-refractivity contribution is -0.136. The molecule has 1 saturated heterocycles. The van der Waals surface area contributed by atoms with Crippen LogP contribution in [0.15, 0.2) is 18.2 Å². The summed E-state index contributed by atoms with van der Waals surface area (Å²) < 4.78 is 5.41. The SMILES string of the molecule is NCCCCNC(=O)COc1ccc2c(c1)C(=O)N(C1CCC(=O)NC1=O)C2=O. The summed E-state index contributed by atoms with van der Waals surface area (Å²) in [5.74, 6) is -2.37. The molecule has 0 spiro atoms. The lowest BCUT2D eigenvalue weighted by Gasteiger charge is -2.27. The van der Waals surface area contributed by atoms with Gasteiger partial charge in [-0.2, -0.15) is 0 Å². The van der Waals surface area contributed by atoms with Crippen molar-refractivity contribution in [2.75, 3.05) is 19.7 Å². The smallest absolute Gasteiger partial charge is 0.262 e. The molecule has 1 aromatic carbocycles. The van der Waals surface area contributed by atoms with Gasteiger partial charge in [0.15, 0.2) is 6.61 Å². The maximum Gasteiger partial charge on any atom is 0.262 e. The maximum atomic E-state index is 12.7. The number of fused-ring (bicyclic) bond motifs is 1. The predicted octanol–water partition coefficient (Wildman–Crippen LogP) is -0.678. The number of carbonyl (C=O) groups is 5. The molecule has 0 radical (unpaired) electrons. The number of nitrogens with zero attached hydrogens (tertiary/aromatic N) is 1. The molecule has 10 heteroatoms. The van der Waals surface area contributed by atoms with Crippen molar-refractivity contribution in [3.8, 4) is 5.75 Å². The quantitative estimate of drug-likeness (QED) is 0.385. The second-order valence-corrected chi connectivity index (χ2v) is 6.79. The van der Waals surface area contributed by atoms with Gasteiger partial charge in [-0.05, 0) is 44.0 Å². The van der Waals surface area contributed by atoms with E-state index in [0.29, 0.717) is 13.1 Å². The first-order chi connectivity index (χ1) is 13.9. The van der Waals surface area contributed by atoms with Crippen LogP contribution in [0.25, 0.3) is 0 Å². The van der Waals surface area contributed by atoms with Gasteiger partial charge in [0.05, 0.1) is 11.1 Å². The van der Waals surface area contributed by atoms with Gasteiger partial charge in [-0.3, -0.25) is 34.2 Å². The van der Waals surface area contributed by atoms with E-state index in [9.17, 15) is 24.0 Å². The summed E-state index contributed by atoms with van der Waals surface area (Å²) in [6.45, 7) is 0.821. The first-order valence-corrected chi connectivity index (χ1v) is 9.37. The molecule has 4 N–H and O–H groups in total. The second kappa shape index (κ2) is 8.82. The van der Waals surface area contributed by atoms with Crippen molar-refractivity contribution in [1.82, 2.24) is 15.5 Å². The van der Waals surface area contributed by atoms with E-state index in [1.165, 1.54) is 18.2 Å². The molecule has 1 fully saturated rings. The van der Waals surface area contributed by atoms with Gasteiger partial charge in [0.25, 0.3) is 17.7 Å². The Kier molecular flexibility index (Phi) is 6.23. The number of rotatable bonds is 8. The number of carbonyl (C=O) groups excluding carboxylic acids is 5. The van der Waals surface area contributed by atoms with Gasteiger partial charge in [0.1, 0.15) is 11.8 Å². The van der Waals surface area contributed by atoms with Gasteiger partial charge in [-0.1, -0.05) is 0 Å². The Hall–Kier alpha value is -3.27. The van der Waals surface area contributed by atoms with Gasteiger partial charge in [0, 0.05) is 13.0 Å². The summed E-state index contributed by atoms with van der Waals surface area (Å²) in [6.07, 6.45) is 1.72. The van der Waals surface area contributed by atoms with Crippen LogP contribution in [0.1, 0.15) is 46.4 Å². The van der Waals surface area contributed by atoms with E-state index < -0.39 is 29.7 Å². The van der Waals surface area contributed by atoms with Crippen LogP contribution in [0.4, 0.5) is 0 Å². The number of nitrogens with two attached hydrogens (primary N) is 1. The molecule has 0 aromatic heterocycles. The molecule has 3 rings (SSSR count). The van der Waals surface area contributed by atoms with E-state index in [2.05, 4.69) is 10.6 Å². The number of hydrogen-bond acceptors (Lipinski definition) is 7. The van der Waals surface area contributed by atoms with Crippen molar-refractivity contribution in [2.45, 2.75) is 31.7 Å². The minimum absolute atomic E-state index is 0.0541. The van der Waals surface area contributed by atoms with E-state index in [1.807, 2.05) is 0 Å². The molecule has 1 unspecified atom stereocenters. The van der Waals surface area contributed by atoms with Crippen LogP contribution in [-0.4, -0.2) is 60.2 Å². The van der Waals surface area contributed by atoms with Gasteiger partial charge in [-0.25, -0.2) is 0 Å². The first kappa shape index (κ1) is 20.5. The Morgan fingerprint density at radius 1 is 1.17 bits per heavy atom. The zero-order chi connectivity index (χ0) is 21.0. The molecule has 154 valence electrons. The summed E-state index contributed by atoms with van der Waals surface area (Å²) in [4.78, 5) is 61.3. The molecule has 1 atom stereocenters. The number of unbranched alkanes of at least 4 members (excludes halogenated alkanes) is 1. The van der Waals surface area contributed by atoms with Crippen molar-refractivity contribution in [3.05, 3.63) is 29.3 Å². The molecular weight excluding hydrogens is 380 g/mol. The van der Waals surface area contributed by atoms with E-state index >= 15 is 0 Å². The van der Waals surface area contributed by atoms with Gasteiger partial charge in [-0.15, -0.1) is 0 Å². The average Bonchev–Trinajstić information content (AvgIpc) is 2.94. The number of nitrogens with one attached hydrogen (secondary N) is 2. The summed E-state index contributed by atoms with van der Waals surface area (Å²) in [6, 6.07) is 3.27. The summed E-state index contributed by atoms with van der Waals surface area (Å²) in [5, 5.41) is 4.84. The highest BCUT2D eigenvalue weighted by Gasteiger charge is 2.44. The normalized spacial score (nSPS) is 18.5. The topological polar surface area (TPSA) is 148 Å². The molecular formula is C19H22N4O6. The fourth-order valence-electron chi connectivity index (χ4n) is 3.24. The Bertz CT molecular complexity index is 868. The van der Waals surface area contributed by atoms with E-state index in [0.717, 1.165) is 17.7 Å².